The van der Waals surface area contributed by atoms with E-state index in [2.05, 4.69) is 11.6 Å². The van der Waals surface area contributed by atoms with Crippen molar-refractivity contribution in [1.82, 2.24) is 4.57 Å². The Morgan fingerprint density at radius 3 is 2.42 bits per heavy atom. The topological polar surface area (TPSA) is 71.7 Å². The zero-order chi connectivity index (χ0) is 23.6. The molecule has 0 unspecified atom stereocenters. The SMILES string of the molecule is C=CCn1c(=NC(=O)c2ccc(S(=O)(=O)N(C)c3ccccc3)cc2)sc2cccc(C)c21. The third-order valence-electron chi connectivity index (χ3n) is 5.29. The van der Waals surface area contributed by atoms with E-state index in [4.69, 9.17) is 0 Å². The minimum atomic E-state index is -3.75. The standard InChI is InChI=1S/C25H23N3O3S2/c1-4-17-28-23-18(2)9-8-12-22(23)32-25(28)26-24(29)19-13-15-21(16-14-19)33(30,31)27(3)20-10-6-5-7-11-20/h4-16H,1,17H2,2-3H3. The monoisotopic (exact) mass is 477 g/mol. The Labute approximate surface area is 196 Å². The number of anilines is 1. The molecule has 1 amide bonds. The van der Waals surface area contributed by atoms with Gasteiger partial charge in [-0.2, -0.15) is 4.99 Å². The fourth-order valence-electron chi connectivity index (χ4n) is 3.55. The van der Waals surface area contributed by atoms with Crippen LogP contribution in [0.1, 0.15) is 15.9 Å². The number of nitrogens with zero attached hydrogens (tertiary/aromatic N) is 3. The molecule has 4 aromatic rings. The molecule has 0 saturated carbocycles. The predicted molar refractivity (Wildman–Crippen MR) is 133 cm³/mol. The molecular formula is C25H23N3O3S2. The van der Waals surface area contributed by atoms with Crippen molar-refractivity contribution in [3.63, 3.8) is 0 Å². The van der Waals surface area contributed by atoms with E-state index in [0.717, 1.165) is 15.8 Å². The molecule has 8 heteroatoms. The van der Waals surface area contributed by atoms with Gasteiger partial charge in [0.2, 0.25) is 0 Å². The van der Waals surface area contributed by atoms with Gasteiger partial charge in [0, 0.05) is 19.2 Å². The number of carbonyl (C=O) groups is 1. The lowest BCUT2D eigenvalue weighted by molar-refractivity contribution is 0.0998. The highest BCUT2D eigenvalue weighted by Crippen LogP contribution is 2.23. The number of amides is 1. The van der Waals surface area contributed by atoms with E-state index in [0.29, 0.717) is 22.6 Å². The quantitative estimate of drug-likeness (QED) is 0.376. The smallest absolute Gasteiger partial charge is 0.279 e. The number of para-hydroxylation sites is 2. The number of allylic oxidation sites excluding steroid dienone is 1. The van der Waals surface area contributed by atoms with Gasteiger partial charge in [0.05, 0.1) is 20.8 Å². The molecule has 168 valence electrons. The average molecular weight is 478 g/mol. The normalized spacial score (nSPS) is 12.1. The van der Waals surface area contributed by atoms with Crippen LogP contribution in [0.25, 0.3) is 10.2 Å². The molecule has 1 heterocycles. The molecule has 0 N–H and O–H groups in total. The van der Waals surface area contributed by atoms with Crippen molar-refractivity contribution in [2.45, 2.75) is 18.4 Å². The Hall–Kier alpha value is -3.49. The first kappa shape index (κ1) is 22.7. The molecule has 0 aliphatic carbocycles. The van der Waals surface area contributed by atoms with Gasteiger partial charge in [0.15, 0.2) is 4.80 Å². The second kappa shape index (κ2) is 9.17. The van der Waals surface area contributed by atoms with Crippen molar-refractivity contribution in [1.29, 1.82) is 0 Å². The molecule has 3 aromatic carbocycles. The van der Waals surface area contributed by atoms with E-state index in [1.165, 1.54) is 47.0 Å². The molecule has 33 heavy (non-hydrogen) atoms. The van der Waals surface area contributed by atoms with Crippen LogP contribution < -0.4 is 9.11 Å². The van der Waals surface area contributed by atoms with Crippen LogP contribution in [-0.2, 0) is 16.6 Å². The van der Waals surface area contributed by atoms with E-state index < -0.39 is 15.9 Å². The van der Waals surface area contributed by atoms with E-state index in [1.54, 1.807) is 30.3 Å². The number of aryl methyl sites for hydroxylation is 1. The highest BCUT2D eigenvalue weighted by Gasteiger charge is 2.21. The van der Waals surface area contributed by atoms with Crippen LogP contribution in [0.15, 0.2) is 95.3 Å². The van der Waals surface area contributed by atoms with Gasteiger partial charge in [-0.1, -0.05) is 47.7 Å². The van der Waals surface area contributed by atoms with Gasteiger partial charge in [-0.05, 0) is 55.0 Å². The highest BCUT2D eigenvalue weighted by atomic mass is 32.2. The molecule has 0 aliphatic rings. The number of benzene rings is 3. The van der Waals surface area contributed by atoms with Gasteiger partial charge in [0.1, 0.15) is 0 Å². The van der Waals surface area contributed by atoms with Gasteiger partial charge in [0.25, 0.3) is 15.9 Å². The summed E-state index contributed by atoms with van der Waals surface area (Å²) >= 11 is 1.44. The summed E-state index contributed by atoms with van der Waals surface area (Å²) in [5.74, 6) is -0.433. The van der Waals surface area contributed by atoms with Gasteiger partial charge >= 0.3 is 0 Å². The summed E-state index contributed by atoms with van der Waals surface area (Å²) in [5, 5.41) is 0. The van der Waals surface area contributed by atoms with E-state index in [9.17, 15) is 13.2 Å². The summed E-state index contributed by atoms with van der Waals surface area (Å²) in [5.41, 5.74) is 2.99. The van der Waals surface area contributed by atoms with Gasteiger partial charge < -0.3 is 4.57 Å². The molecule has 4 rings (SSSR count). The molecule has 0 fully saturated rings. The lowest BCUT2D eigenvalue weighted by Crippen LogP contribution is -2.26. The van der Waals surface area contributed by atoms with Gasteiger partial charge in [-0.3, -0.25) is 9.10 Å². The molecule has 0 atom stereocenters. The molecular weight excluding hydrogens is 454 g/mol. The Morgan fingerprint density at radius 1 is 1.06 bits per heavy atom. The number of rotatable bonds is 6. The minimum absolute atomic E-state index is 0.101. The van der Waals surface area contributed by atoms with Crippen molar-refractivity contribution in [2.24, 2.45) is 4.99 Å². The second-order valence-electron chi connectivity index (χ2n) is 7.45. The first-order valence-electron chi connectivity index (χ1n) is 10.3. The summed E-state index contributed by atoms with van der Waals surface area (Å²) in [7, 11) is -2.25. The largest absolute Gasteiger partial charge is 0.312 e. The molecule has 1 aromatic heterocycles. The molecule has 0 aliphatic heterocycles. The first-order chi connectivity index (χ1) is 15.8. The number of carbonyl (C=O) groups excluding carboxylic acids is 1. The molecule has 0 bridgehead atoms. The van der Waals surface area contributed by atoms with Crippen molar-refractivity contribution < 1.29 is 13.2 Å². The van der Waals surface area contributed by atoms with Crippen LogP contribution in [0.4, 0.5) is 5.69 Å². The van der Waals surface area contributed by atoms with Crippen LogP contribution in [0.3, 0.4) is 0 Å². The third kappa shape index (κ3) is 4.40. The number of thiazole rings is 1. The van der Waals surface area contributed by atoms with Crippen molar-refractivity contribution in [3.8, 4) is 0 Å². The van der Waals surface area contributed by atoms with Crippen LogP contribution in [0.2, 0.25) is 0 Å². The van der Waals surface area contributed by atoms with E-state index in [1.807, 2.05) is 35.8 Å². The molecule has 0 radical (unpaired) electrons. The van der Waals surface area contributed by atoms with Gasteiger partial charge in [-0.15, -0.1) is 6.58 Å². The number of aromatic nitrogens is 1. The number of hydrogen-bond acceptors (Lipinski definition) is 4. The van der Waals surface area contributed by atoms with Crippen LogP contribution in [0.5, 0.6) is 0 Å². The Balaban J connectivity index is 1.67. The maximum atomic E-state index is 13.0. The Morgan fingerprint density at radius 2 is 1.76 bits per heavy atom. The van der Waals surface area contributed by atoms with E-state index in [-0.39, 0.29) is 4.90 Å². The average Bonchev–Trinajstić information content (AvgIpc) is 3.17. The predicted octanol–water partition coefficient (Wildman–Crippen LogP) is 4.76. The lowest BCUT2D eigenvalue weighted by Gasteiger charge is -2.19. The fraction of sp³-hybridized carbons (Fsp3) is 0.120. The first-order valence-corrected chi connectivity index (χ1v) is 12.5. The number of hydrogen-bond donors (Lipinski definition) is 0. The second-order valence-corrected chi connectivity index (χ2v) is 10.4. The maximum Gasteiger partial charge on any atom is 0.279 e. The van der Waals surface area contributed by atoms with Crippen LogP contribution in [0, 0.1) is 6.92 Å². The van der Waals surface area contributed by atoms with Crippen molar-refractivity contribution in [2.75, 3.05) is 11.4 Å². The molecule has 6 nitrogen and oxygen atoms in total. The van der Waals surface area contributed by atoms with Crippen LogP contribution in [-0.4, -0.2) is 25.9 Å². The summed E-state index contributed by atoms with van der Waals surface area (Å²) < 4.78 is 30.1. The third-order valence-corrected chi connectivity index (χ3v) is 8.13. The van der Waals surface area contributed by atoms with Crippen LogP contribution >= 0.6 is 11.3 Å². The van der Waals surface area contributed by atoms with Crippen molar-refractivity contribution >= 4 is 43.2 Å². The summed E-state index contributed by atoms with van der Waals surface area (Å²) in [6.07, 6.45) is 1.77. The Bertz CT molecular complexity index is 1500. The number of fused-ring (bicyclic) bond motifs is 1. The molecule has 0 saturated heterocycles. The summed E-state index contributed by atoms with van der Waals surface area (Å²) in [6.45, 7) is 6.36. The summed E-state index contributed by atoms with van der Waals surface area (Å²) in [4.78, 5) is 17.9. The maximum absolute atomic E-state index is 13.0. The highest BCUT2D eigenvalue weighted by molar-refractivity contribution is 7.92. The zero-order valence-electron chi connectivity index (χ0n) is 18.3. The lowest BCUT2D eigenvalue weighted by atomic mass is 10.2. The zero-order valence-corrected chi connectivity index (χ0v) is 19.9. The number of sulfonamides is 1. The molecule has 0 spiro atoms. The summed E-state index contributed by atoms with van der Waals surface area (Å²) in [6, 6.07) is 20.7. The van der Waals surface area contributed by atoms with Crippen molar-refractivity contribution in [3.05, 3.63) is 101 Å². The fourth-order valence-corrected chi connectivity index (χ4v) is 5.86. The van der Waals surface area contributed by atoms with Gasteiger partial charge in [-0.25, -0.2) is 8.42 Å². The Kier molecular flexibility index (Phi) is 6.31. The minimum Gasteiger partial charge on any atom is -0.312 e. The van der Waals surface area contributed by atoms with E-state index >= 15 is 0 Å².